The number of hydrogen-bond donors (Lipinski definition) is 1. The van der Waals surface area contributed by atoms with Crippen molar-refractivity contribution < 1.29 is 28.8 Å². The van der Waals surface area contributed by atoms with Gasteiger partial charge < -0.3 is 29.0 Å². The van der Waals surface area contributed by atoms with Crippen LogP contribution in [0.2, 0.25) is 0 Å². The van der Waals surface area contributed by atoms with E-state index in [1.807, 2.05) is 56.0 Å². The minimum atomic E-state index is -0.560. The summed E-state index contributed by atoms with van der Waals surface area (Å²) >= 11 is 0. The molecule has 1 aliphatic heterocycles. The lowest BCUT2D eigenvalue weighted by atomic mass is 9.60. The minimum absolute atomic E-state index is 0.113. The molecule has 1 amide bonds. The first-order valence-corrected chi connectivity index (χ1v) is 11.6. The molecule has 1 saturated carbocycles. The molecule has 1 N–H and O–H groups in total. The first kappa shape index (κ1) is 25.0. The third-order valence-electron chi connectivity index (χ3n) is 6.63. The number of nitrogens with zero attached hydrogens (tertiary/aromatic N) is 1. The summed E-state index contributed by atoms with van der Waals surface area (Å²) < 4.78 is 23.0. The van der Waals surface area contributed by atoms with Crippen molar-refractivity contribution in [3.63, 3.8) is 0 Å². The molecule has 0 unspecified atom stereocenters. The van der Waals surface area contributed by atoms with Gasteiger partial charge in [-0.05, 0) is 57.4 Å². The van der Waals surface area contributed by atoms with E-state index in [0.29, 0.717) is 26.4 Å². The van der Waals surface area contributed by atoms with Crippen LogP contribution in [0.1, 0.15) is 45.6 Å². The van der Waals surface area contributed by atoms with Crippen molar-refractivity contribution in [2.75, 3.05) is 40.3 Å². The van der Waals surface area contributed by atoms with Gasteiger partial charge in [0.15, 0.2) is 0 Å². The summed E-state index contributed by atoms with van der Waals surface area (Å²) in [6.45, 7) is 7.75. The number of hydrogen-bond acceptors (Lipinski definition) is 6. The highest BCUT2D eigenvalue weighted by atomic mass is 16.7. The highest BCUT2D eigenvalue weighted by Gasteiger charge is 2.54. The van der Waals surface area contributed by atoms with Crippen LogP contribution in [0, 0.1) is 17.3 Å². The van der Waals surface area contributed by atoms with Gasteiger partial charge >= 0.3 is 6.09 Å². The van der Waals surface area contributed by atoms with E-state index in [0.717, 1.165) is 24.8 Å². The van der Waals surface area contributed by atoms with Crippen LogP contribution < -0.4 is 0 Å². The smallest absolute Gasteiger partial charge is 0.410 e. The minimum Gasteiger partial charge on any atom is -0.444 e. The Morgan fingerprint density at radius 3 is 2.53 bits per heavy atom. The van der Waals surface area contributed by atoms with Crippen molar-refractivity contribution >= 4 is 6.09 Å². The monoisotopic (exact) mass is 449 g/mol. The zero-order valence-electron chi connectivity index (χ0n) is 19.9. The summed E-state index contributed by atoms with van der Waals surface area (Å²) in [5.41, 5.74) is 0.0875. The largest absolute Gasteiger partial charge is 0.444 e. The van der Waals surface area contributed by atoms with Crippen LogP contribution in [-0.4, -0.2) is 68.0 Å². The van der Waals surface area contributed by atoms with Gasteiger partial charge in [0.25, 0.3) is 0 Å². The van der Waals surface area contributed by atoms with Gasteiger partial charge in [-0.15, -0.1) is 0 Å². The number of carbonyl (C=O) groups excluding carboxylic acids is 1. The molecule has 1 aliphatic carbocycles. The highest BCUT2D eigenvalue weighted by Crippen LogP contribution is 2.49. The van der Waals surface area contributed by atoms with Gasteiger partial charge in [-0.25, -0.2) is 4.79 Å². The van der Waals surface area contributed by atoms with E-state index in [1.54, 1.807) is 7.11 Å². The van der Waals surface area contributed by atoms with E-state index < -0.39 is 11.0 Å². The number of fused-ring (bicyclic) bond motifs is 2. The van der Waals surface area contributed by atoms with Crippen LogP contribution in [0.3, 0.4) is 0 Å². The molecule has 7 heteroatoms. The lowest BCUT2D eigenvalue weighted by Gasteiger charge is -2.56. The fourth-order valence-corrected chi connectivity index (χ4v) is 5.20. The second kappa shape index (κ2) is 11.0. The molecule has 1 aromatic carbocycles. The molecule has 2 aliphatic rings. The molecule has 1 saturated heterocycles. The predicted octanol–water partition coefficient (Wildman–Crippen LogP) is 3.84. The molecule has 0 radical (unpaired) electrons. The molecule has 4 atom stereocenters. The zero-order chi connectivity index (χ0) is 23.2. The fraction of sp³-hybridized carbons (Fsp3) is 0.720. The maximum atomic E-state index is 13.1. The van der Waals surface area contributed by atoms with Crippen LogP contribution in [0.15, 0.2) is 30.3 Å². The van der Waals surface area contributed by atoms with Crippen LogP contribution in [0.4, 0.5) is 4.79 Å². The molecule has 180 valence electrons. The van der Waals surface area contributed by atoms with Gasteiger partial charge in [0.2, 0.25) is 0 Å². The topological polar surface area (TPSA) is 77.5 Å². The molecule has 2 bridgehead atoms. The number of ether oxygens (including phenoxy) is 4. The standard InChI is InChI=1S/C25H39NO6/c1-24(2,3)32-23(28)26-15-25(17-31-18-29-4,16-30-14-19-8-6-5-7-9-19)22-12-21(26)11-10-20(22)13-27/h5-9,20-22,27H,10-18H2,1-4H3/t20-,21-,22-,25-/m1/s1. The first-order chi connectivity index (χ1) is 15.3. The SMILES string of the molecule is COCOC[C@]1(COCc2ccccc2)CN(C(=O)OC(C)(C)C)[C@@H]2CC[C@H](CO)[C@H]1C2. The van der Waals surface area contributed by atoms with Crippen LogP contribution in [0.25, 0.3) is 0 Å². The zero-order valence-corrected chi connectivity index (χ0v) is 19.9. The molecule has 0 aromatic heterocycles. The van der Waals surface area contributed by atoms with Crippen LogP contribution in [0.5, 0.6) is 0 Å². The number of rotatable bonds is 9. The number of aliphatic hydroxyl groups is 1. The Kier molecular flexibility index (Phi) is 8.55. The molecule has 1 heterocycles. The Labute approximate surface area is 192 Å². The average Bonchev–Trinajstić information content (AvgIpc) is 2.76. The van der Waals surface area contributed by atoms with Gasteiger partial charge in [-0.1, -0.05) is 30.3 Å². The summed E-state index contributed by atoms with van der Waals surface area (Å²) in [5, 5.41) is 10.1. The van der Waals surface area contributed by atoms with Crippen molar-refractivity contribution in [3.05, 3.63) is 35.9 Å². The van der Waals surface area contributed by atoms with Gasteiger partial charge in [-0.2, -0.15) is 0 Å². The maximum absolute atomic E-state index is 13.1. The van der Waals surface area contributed by atoms with Gasteiger partial charge in [0.1, 0.15) is 12.4 Å². The molecule has 32 heavy (non-hydrogen) atoms. The predicted molar refractivity (Wildman–Crippen MR) is 121 cm³/mol. The van der Waals surface area contributed by atoms with Crippen molar-refractivity contribution in [1.82, 2.24) is 4.90 Å². The number of methoxy groups -OCH3 is 1. The van der Waals surface area contributed by atoms with Crippen LogP contribution >= 0.6 is 0 Å². The molecule has 0 spiro atoms. The number of aliphatic hydroxyl groups excluding tert-OH is 1. The third kappa shape index (κ3) is 6.22. The summed E-state index contributed by atoms with van der Waals surface area (Å²) in [5.74, 6) is 0.357. The highest BCUT2D eigenvalue weighted by molar-refractivity contribution is 5.69. The maximum Gasteiger partial charge on any atom is 0.410 e. The summed E-state index contributed by atoms with van der Waals surface area (Å²) in [6, 6.07) is 10.2. The van der Waals surface area contributed by atoms with Gasteiger partial charge in [0, 0.05) is 31.7 Å². The Morgan fingerprint density at radius 1 is 1.16 bits per heavy atom. The lowest BCUT2D eigenvalue weighted by molar-refractivity contribution is -0.161. The number of piperidine rings is 1. The number of likely N-dealkylation sites (tertiary alicyclic amines) is 1. The second-order valence-corrected chi connectivity index (χ2v) is 10.2. The van der Waals surface area contributed by atoms with Crippen LogP contribution in [-0.2, 0) is 25.6 Å². The van der Waals surface area contributed by atoms with Crippen molar-refractivity contribution in [3.8, 4) is 0 Å². The molecular weight excluding hydrogens is 410 g/mol. The number of amides is 1. The van der Waals surface area contributed by atoms with E-state index in [1.165, 1.54) is 0 Å². The Hall–Kier alpha value is -1.67. The third-order valence-corrected chi connectivity index (χ3v) is 6.63. The van der Waals surface area contributed by atoms with Crippen molar-refractivity contribution in [2.24, 2.45) is 17.3 Å². The fourth-order valence-electron chi connectivity index (χ4n) is 5.20. The molecule has 7 nitrogen and oxygen atoms in total. The average molecular weight is 450 g/mol. The molecule has 2 fully saturated rings. The van der Waals surface area contributed by atoms with Crippen molar-refractivity contribution in [2.45, 2.75) is 58.3 Å². The first-order valence-electron chi connectivity index (χ1n) is 11.6. The van der Waals surface area contributed by atoms with Crippen molar-refractivity contribution in [1.29, 1.82) is 0 Å². The van der Waals surface area contributed by atoms with E-state index in [9.17, 15) is 9.90 Å². The number of benzene rings is 1. The van der Waals surface area contributed by atoms with E-state index in [2.05, 4.69) is 0 Å². The molecular formula is C25H39NO6. The normalized spacial score (nSPS) is 27.9. The summed E-state index contributed by atoms with van der Waals surface area (Å²) in [7, 11) is 1.60. The second-order valence-electron chi connectivity index (χ2n) is 10.2. The summed E-state index contributed by atoms with van der Waals surface area (Å²) in [6.07, 6.45) is 2.27. The Bertz CT molecular complexity index is 721. The van der Waals surface area contributed by atoms with E-state index >= 15 is 0 Å². The summed E-state index contributed by atoms with van der Waals surface area (Å²) in [4.78, 5) is 15.0. The van der Waals surface area contributed by atoms with E-state index in [-0.39, 0.29) is 37.4 Å². The quantitative estimate of drug-likeness (QED) is 0.456. The Balaban J connectivity index is 1.83. The van der Waals surface area contributed by atoms with Gasteiger partial charge in [0.05, 0.1) is 19.8 Å². The Morgan fingerprint density at radius 2 is 1.88 bits per heavy atom. The lowest BCUT2D eigenvalue weighted by Crippen LogP contribution is -2.63. The number of carbonyl (C=O) groups is 1. The van der Waals surface area contributed by atoms with E-state index in [4.69, 9.17) is 18.9 Å². The van der Waals surface area contributed by atoms with Gasteiger partial charge in [-0.3, -0.25) is 0 Å². The molecule has 1 aromatic rings. The molecule has 3 rings (SSSR count).